The van der Waals surface area contributed by atoms with Crippen LogP contribution in [0.2, 0.25) is 10.0 Å². The Kier molecular flexibility index (Phi) is 4.50. The molecule has 2 nitrogen and oxygen atoms in total. The monoisotopic (exact) mass is 357 g/mol. The molecule has 0 aliphatic carbocycles. The molecule has 0 radical (unpaired) electrons. The van der Waals surface area contributed by atoms with Crippen LogP contribution < -0.4 is 5.32 Å². The summed E-state index contributed by atoms with van der Waals surface area (Å²) in [4.78, 5) is 12.1. The van der Waals surface area contributed by atoms with Gasteiger partial charge in [0.15, 0.2) is 0 Å². The molecule has 0 heterocycles. The van der Waals surface area contributed by atoms with Crippen LogP contribution in [0.15, 0.2) is 40.9 Å². The van der Waals surface area contributed by atoms with Crippen LogP contribution >= 0.6 is 39.1 Å². The maximum absolute atomic E-state index is 12.1. The zero-order chi connectivity index (χ0) is 14.0. The average molecular weight is 359 g/mol. The van der Waals surface area contributed by atoms with Gasteiger partial charge in [0.25, 0.3) is 5.91 Å². The van der Waals surface area contributed by atoms with Gasteiger partial charge in [0.05, 0.1) is 5.02 Å². The van der Waals surface area contributed by atoms with Gasteiger partial charge in [-0.15, -0.1) is 0 Å². The SMILES string of the molecule is Cc1cc(Cl)ccc1C(=O)Nc1ccc(Br)c(Cl)c1. The van der Waals surface area contributed by atoms with Gasteiger partial charge in [0, 0.05) is 20.7 Å². The normalized spacial score (nSPS) is 10.3. The number of rotatable bonds is 2. The van der Waals surface area contributed by atoms with E-state index in [2.05, 4.69) is 21.2 Å². The van der Waals surface area contributed by atoms with Gasteiger partial charge in [0.1, 0.15) is 0 Å². The number of benzene rings is 2. The minimum atomic E-state index is -0.187. The molecule has 0 bridgehead atoms. The maximum Gasteiger partial charge on any atom is 0.255 e. The highest BCUT2D eigenvalue weighted by atomic mass is 79.9. The number of amides is 1. The van der Waals surface area contributed by atoms with Gasteiger partial charge in [0.2, 0.25) is 0 Å². The number of aryl methyl sites for hydroxylation is 1. The molecule has 98 valence electrons. The third-order valence-electron chi connectivity index (χ3n) is 2.61. The minimum Gasteiger partial charge on any atom is -0.322 e. The van der Waals surface area contributed by atoms with Gasteiger partial charge in [-0.25, -0.2) is 0 Å². The number of anilines is 1. The topological polar surface area (TPSA) is 29.1 Å². The van der Waals surface area contributed by atoms with E-state index in [0.717, 1.165) is 10.0 Å². The molecule has 2 rings (SSSR count). The molecular weight excluding hydrogens is 349 g/mol. The Morgan fingerprint density at radius 2 is 1.89 bits per heavy atom. The largest absolute Gasteiger partial charge is 0.322 e. The van der Waals surface area contributed by atoms with Gasteiger partial charge in [-0.05, 0) is 64.8 Å². The van der Waals surface area contributed by atoms with Crippen molar-refractivity contribution in [1.29, 1.82) is 0 Å². The molecule has 1 amide bonds. The summed E-state index contributed by atoms with van der Waals surface area (Å²) in [7, 11) is 0. The number of hydrogen-bond donors (Lipinski definition) is 1. The first-order chi connectivity index (χ1) is 8.97. The fourth-order valence-electron chi connectivity index (χ4n) is 1.65. The second-order valence-corrected chi connectivity index (χ2v) is 5.74. The number of carbonyl (C=O) groups is 1. The Bertz CT molecular complexity index is 643. The van der Waals surface area contributed by atoms with Crippen molar-refractivity contribution in [2.24, 2.45) is 0 Å². The molecule has 5 heteroatoms. The first-order valence-electron chi connectivity index (χ1n) is 5.50. The zero-order valence-electron chi connectivity index (χ0n) is 10.0. The Morgan fingerprint density at radius 3 is 2.53 bits per heavy atom. The van der Waals surface area contributed by atoms with E-state index in [0.29, 0.717) is 21.3 Å². The summed E-state index contributed by atoms with van der Waals surface area (Å²) in [5, 5.41) is 3.96. The maximum atomic E-state index is 12.1. The van der Waals surface area contributed by atoms with E-state index in [1.807, 2.05) is 6.92 Å². The standard InChI is InChI=1S/C14H10BrCl2NO/c1-8-6-9(16)2-4-11(8)14(19)18-10-3-5-12(15)13(17)7-10/h2-7H,1H3,(H,18,19). The summed E-state index contributed by atoms with van der Waals surface area (Å²) in [6.45, 7) is 1.84. The molecule has 0 unspecified atom stereocenters. The van der Waals surface area contributed by atoms with Crippen molar-refractivity contribution in [3.05, 3.63) is 62.0 Å². The van der Waals surface area contributed by atoms with Crippen molar-refractivity contribution in [3.8, 4) is 0 Å². The molecule has 0 atom stereocenters. The third kappa shape index (κ3) is 3.50. The van der Waals surface area contributed by atoms with Crippen LogP contribution in [-0.4, -0.2) is 5.91 Å². The van der Waals surface area contributed by atoms with E-state index >= 15 is 0 Å². The van der Waals surface area contributed by atoms with Crippen LogP contribution in [-0.2, 0) is 0 Å². The minimum absolute atomic E-state index is 0.187. The number of carbonyl (C=O) groups excluding carboxylic acids is 1. The Balaban J connectivity index is 2.23. The Labute approximate surface area is 129 Å². The van der Waals surface area contributed by atoms with Crippen molar-refractivity contribution < 1.29 is 4.79 Å². The van der Waals surface area contributed by atoms with Crippen molar-refractivity contribution in [2.45, 2.75) is 6.92 Å². The van der Waals surface area contributed by atoms with E-state index in [9.17, 15) is 4.79 Å². The van der Waals surface area contributed by atoms with Crippen molar-refractivity contribution in [1.82, 2.24) is 0 Å². The summed E-state index contributed by atoms with van der Waals surface area (Å²) in [5.74, 6) is -0.187. The van der Waals surface area contributed by atoms with Crippen molar-refractivity contribution >= 4 is 50.7 Å². The van der Waals surface area contributed by atoms with Crippen LogP contribution in [0.1, 0.15) is 15.9 Å². The fraction of sp³-hybridized carbons (Fsp3) is 0.0714. The summed E-state index contributed by atoms with van der Waals surface area (Å²) in [5.41, 5.74) is 2.06. The summed E-state index contributed by atoms with van der Waals surface area (Å²) in [6.07, 6.45) is 0. The molecule has 19 heavy (non-hydrogen) atoms. The van der Waals surface area contributed by atoms with E-state index in [4.69, 9.17) is 23.2 Å². The van der Waals surface area contributed by atoms with Crippen LogP contribution in [0, 0.1) is 6.92 Å². The number of nitrogens with one attached hydrogen (secondary N) is 1. The van der Waals surface area contributed by atoms with E-state index in [1.54, 1.807) is 36.4 Å². The highest BCUT2D eigenvalue weighted by Crippen LogP contribution is 2.26. The first-order valence-corrected chi connectivity index (χ1v) is 7.05. The van der Waals surface area contributed by atoms with E-state index in [1.165, 1.54) is 0 Å². The molecule has 0 saturated carbocycles. The smallest absolute Gasteiger partial charge is 0.255 e. The van der Waals surface area contributed by atoms with Gasteiger partial charge >= 0.3 is 0 Å². The molecule has 2 aromatic rings. The van der Waals surface area contributed by atoms with Gasteiger partial charge < -0.3 is 5.32 Å². The van der Waals surface area contributed by atoms with Crippen LogP contribution in [0.5, 0.6) is 0 Å². The molecular formula is C14H10BrCl2NO. The lowest BCUT2D eigenvalue weighted by Crippen LogP contribution is -2.13. The third-order valence-corrected chi connectivity index (χ3v) is 4.08. The Hall–Kier alpha value is -1.03. The number of hydrogen-bond acceptors (Lipinski definition) is 1. The zero-order valence-corrected chi connectivity index (χ0v) is 13.1. The van der Waals surface area contributed by atoms with Crippen molar-refractivity contribution in [2.75, 3.05) is 5.32 Å². The summed E-state index contributed by atoms with van der Waals surface area (Å²) in [6, 6.07) is 10.4. The fourth-order valence-corrected chi connectivity index (χ4v) is 2.31. The highest BCUT2D eigenvalue weighted by Gasteiger charge is 2.10. The quantitative estimate of drug-likeness (QED) is 0.773. The molecule has 0 aliphatic heterocycles. The molecule has 0 aliphatic rings. The molecule has 0 fully saturated rings. The van der Waals surface area contributed by atoms with Crippen LogP contribution in [0.4, 0.5) is 5.69 Å². The molecule has 0 spiro atoms. The van der Waals surface area contributed by atoms with Gasteiger partial charge in [-0.3, -0.25) is 4.79 Å². The van der Waals surface area contributed by atoms with Crippen LogP contribution in [0.25, 0.3) is 0 Å². The van der Waals surface area contributed by atoms with Gasteiger partial charge in [-0.2, -0.15) is 0 Å². The molecule has 1 N–H and O–H groups in total. The second-order valence-electron chi connectivity index (χ2n) is 4.04. The Morgan fingerprint density at radius 1 is 1.16 bits per heavy atom. The van der Waals surface area contributed by atoms with Crippen molar-refractivity contribution in [3.63, 3.8) is 0 Å². The number of halogens is 3. The molecule has 0 aromatic heterocycles. The van der Waals surface area contributed by atoms with Crippen LogP contribution in [0.3, 0.4) is 0 Å². The second kappa shape index (κ2) is 5.95. The van der Waals surface area contributed by atoms with Gasteiger partial charge in [-0.1, -0.05) is 23.2 Å². The first kappa shape index (κ1) is 14.4. The lowest BCUT2D eigenvalue weighted by molar-refractivity contribution is 0.102. The lowest BCUT2D eigenvalue weighted by atomic mass is 10.1. The average Bonchev–Trinajstić information content (AvgIpc) is 2.33. The highest BCUT2D eigenvalue weighted by molar-refractivity contribution is 9.10. The molecule has 0 saturated heterocycles. The predicted molar refractivity (Wildman–Crippen MR) is 83.3 cm³/mol. The van der Waals surface area contributed by atoms with E-state index in [-0.39, 0.29) is 5.91 Å². The van der Waals surface area contributed by atoms with E-state index < -0.39 is 0 Å². The summed E-state index contributed by atoms with van der Waals surface area (Å²) >= 11 is 15.1. The molecule has 2 aromatic carbocycles. The predicted octanol–water partition coefficient (Wildman–Crippen LogP) is 5.32. The lowest BCUT2D eigenvalue weighted by Gasteiger charge is -2.08. The summed E-state index contributed by atoms with van der Waals surface area (Å²) < 4.78 is 0.787.